The highest BCUT2D eigenvalue weighted by Crippen LogP contribution is 2.30. The molecule has 0 aliphatic heterocycles. The van der Waals surface area contributed by atoms with Gasteiger partial charge < -0.3 is 0 Å². The number of thiol groups is 1. The van der Waals surface area contributed by atoms with Crippen molar-refractivity contribution >= 4 is 40.3 Å². The summed E-state index contributed by atoms with van der Waals surface area (Å²) in [6.45, 7) is 1.95. The maximum absolute atomic E-state index is 10.7. The Morgan fingerprint density at radius 1 is 1.46 bits per heavy atom. The number of hydrogen-bond donors (Lipinski definition) is 1. The van der Waals surface area contributed by atoms with Gasteiger partial charge in [0.25, 0.3) is 0 Å². The third-order valence-corrected chi connectivity index (χ3v) is 3.56. The van der Waals surface area contributed by atoms with E-state index in [0.29, 0.717) is 0 Å². The van der Waals surface area contributed by atoms with Crippen LogP contribution in [0.25, 0.3) is 10.1 Å². The smallest absolute Gasteiger partial charge is 0.150 e. The molecule has 0 atom stereocenters. The van der Waals surface area contributed by atoms with Crippen molar-refractivity contribution in [3.05, 3.63) is 28.6 Å². The lowest BCUT2D eigenvalue weighted by molar-refractivity contribution is 0.112. The van der Waals surface area contributed by atoms with Gasteiger partial charge in [0.15, 0.2) is 0 Å². The van der Waals surface area contributed by atoms with Crippen LogP contribution in [0.15, 0.2) is 22.4 Å². The Morgan fingerprint density at radius 2 is 2.23 bits per heavy atom. The van der Waals surface area contributed by atoms with E-state index in [0.717, 1.165) is 27.7 Å². The second kappa shape index (κ2) is 3.16. The zero-order valence-electron chi connectivity index (χ0n) is 7.07. The van der Waals surface area contributed by atoms with Crippen molar-refractivity contribution in [3.63, 3.8) is 0 Å². The van der Waals surface area contributed by atoms with Crippen LogP contribution in [0.4, 0.5) is 0 Å². The summed E-state index contributed by atoms with van der Waals surface area (Å²) in [5.41, 5.74) is 1.78. The molecule has 0 N–H and O–H groups in total. The first-order chi connectivity index (χ1) is 6.22. The molecule has 2 rings (SSSR count). The minimum Gasteiger partial charge on any atom is -0.298 e. The van der Waals surface area contributed by atoms with Crippen molar-refractivity contribution in [2.45, 2.75) is 11.8 Å². The van der Waals surface area contributed by atoms with Crippen molar-refractivity contribution in [3.8, 4) is 0 Å². The number of fused-ring (bicyclic) bond motifs is 1. The minimum atomic E-state index is 0.751. The monoisotopic (exact) mass is 208 g/mol. The Bertz CT molecular complexity index is 471. The van der Waals surface area contributed by atoms with E-state index in [-0.39, 0.29) is 0 Å². The number of aryl methyl sites for hydroxylation is 1. The lowest BCUT2D eigenvalue weighted by atomic mass is 10.1. The summed E-state index contributed by atoms with van der Waals surface area (Å²) >= 11 is 5.97. The van der Waals surface area contributed by atoms with E-state index in [1.54, 1.807) is 11.3 Å². The van der Waals surface area contributed by atoms with Gasteiger partial charge in [-0.3, -0.25) is 4.79 Å². The third kappa shape index (κ3) is 1.38. The first-order valence-electron chi connectivity index (χ1n) is 3.88. The Balaban J connectivity index is 2.84. The van der Waals surface area contributed by atoms with Gasteiger partial charge in [-0.15, -0.1) is 24.0 Å². The molecule has 0 radical (unpaired) electrons. The fourth-order valence-electron chi connectivity index (χ4n) is 1.31. The summed E-state index contributed by atoms with van der Waals surface area (Å²) < 4.78 is 1.19. The van der Waals surface area contributed by atoms with E-state index < -0.39 is 0 Å². The van der Waals surface area contributed by atoms with Crippen LogP contribution >= 0.6 is 24.0 Å². The molecule has 1 nitrogen and oxygen atoms in total. The molecule has 0 saturated carbocycles. The Morgan fingerprint density at radius 3 is 2.92 bits per heavy atom. The van der Waals surface area contributed by atoms with Gasteiger partial charge in [0, 0.05) is 25.9 Å². The summed E-state index contributed by atoms with van der Waals surface area (Å²) in [5, 5.41) is 3.06. The number of rotatable bonds is 1. The van der Waals surface area contributed by atoms with Gasteiger partial charge in [0.2, 0.25) is 0 Å². The maximum Gasteiger partial charge on any atom is 0.150 e. The molecule has 0 aliphatic rings. The zero-order valence-corrected chi connectivity index (χ0v) is 8.78. The molecule has 2 aromatic rings. The average molecular weight is 208 g/mol. The topological polar surface area (TPSA) is 17.1 Å². The van der Waals surface area contributed by atoms with Crippen LogP contribution in [-0.4, -0.2) is 6.29 Å². The number of aldehydes is 1. The fourth-order valence-corrected chi connectivity index (χ4v) is 2.63. The van der Waals surface area contributed by atoms with E-state index in [1.165, 1.54) is 4.70 Å². The second-order valence-corrected chi connectivity index (χ2v) is 4.34. The molecule has 1 aromatic heterocycles. The van der Waals surface area contributed by atoms with Crippen LogP contribution in [0.2, 0.25) is 0 Å². The highest BCUT2D eigenvalue weighted by molar-refractivity contribution is 7.80. The van der Waals surface area contributed by atoms with Gasteiger partial charge in [-0.1, -0.05) is 0 Å². The molecule has 0 amide bonds. The predicted octanol–water partition coefficient (Wildman–Crippen LogP) is 3.31. The van der Waals surface area contributed by atoms with Crippen molar-refractivity contribution in [1.82, 2.24) is 0 Å². The SMILES string of the molecule is Cc1cc2scc(S)c2cc1C=O. The first kappa shape index (κ1) is 8.78. The summed E-state index contributed by atoms with van der Waals surface area (Å²) in [6, 6.07) is 3.93. The Hall–Kier alpha value is -0.800. The lowest BCUT2D eigenvalue weighted by Crippen LogP contribution is -1.84. The number of thiophene rings is 1. The highest BCUT2D eigenvalue weighted by Gasteiger charge is 2.04. The number of carbonyl (C=O) groups is 1. The summed E-state index contributed by atoms with van der Waals surface area (Å²) in [5.74, 6) is 0. The van der Waals surface area contributed by atoms with Crippen LogP contribution in [0, 0.1) is 6.92 Å². The van der Waals surface area contributed by atoms with E-state index in [4.69, 9.17) is 0 Å². The molecule has 0 saturated heterocycles. The molecule has 0 spiro atoms. The standard InChI is InChI=1S/C10H8OS2/c1-6-2-10-8(3-7(6)4-11)9(12)5-13-10/h2-5,12H,1H3. The van der Waals surface area contributed by atoms with Crippen LogP contribution in [0.1, 0.15) is 15.9 Å². The zero-order chi connectivity index (χ0) is 9.42. The van der Waals surface area contributed by atoms with Crippen molar-refractivity contribution in [2.24, 2.45) is 0 Å². The molecule has 0 bridgehead atoms. The number of hydrogen-bond acceptors (Lipinski definition) is 3. The van der Waals surface area contributed by atoms with E-state index in [2.05, 4.69) is 12.6 Å². The van der Waals surface area contributed by atoms with Crippen molar-refractivity contribution < 1.29 is 4.79 Å². The van der Waals surface area contributed by atoms with Crippen molar-refractivity contribution in [1.29, 1.82) is 0 Å². The summed E-state index contributed by atoms with van der Waals surface area (Å²) in [4.78, 5) is 11.6. The molecule has 1 aromatic carbocycles. The first-order valence-corrected chi connectivity index (χ1v) is 5.21. The van der Waals surface area contributed by atoms with Gasteiger partial charge in [-0.2, -0.15) is 0 Å². The summed E-state index contributed by atoms with van der Waals surface area (Å²) in [6.07, 6.45) is 0.889. The highest BCUT2D eigenvalue weighted by atomic mass is 32.1. The molecular weight excluding hydrogens is 200 g/mol. The van der Waals surface area contributed by atoms with Crippen molar-refractivity contribution in [2.75, 3.05) is 0 Å². The molecule has 0 fully saturated rings. The molecule has 0 aliphatic carbocycles. The number of carbonyl (C=O) groups excluding carboxylic acids is 1. The number of benzene rings is 1. The lowest BCUT2D eigenvalue weighted by Gasteiger charge is -1.98. The molecule has 1 heterocycles. The maximum atomic E-state index is 10.7. The van der Waals surface area contributed by atoms with Crippen LogP contribution in [-0.2, 0) is 0 Å². The molecule has 66 valence electrons. The third-order valence-electron chi connectivity index (χ3n) is 2.07. The Kier molecular flexibility index (Phi) is 2.14. The van der Waals surface area contributed by atoms with Gasteiger partial charge in [0.1, 0.15) is 6.29 Å². The molecule has 0 unspecified atom stereocenters. The second-order valence-electron chi connectivity index (χ2n) is 2.94. The van der Waals surface area contributed by atoms with Gasteiger partial charge >= 0.3 is 0 Å². The van der Waals surface area contributed by atoms with Gasteiger partial charge in [-0.05, 0) is 24.6 Å². The quantitative estimate of drug-likeness (QED) is 0.562. The molecule has 3 heteroatoms. The van der Waals surface area contributed by atoms with Crippen LogP contribution in [0.5, 0.6) is 0 Å². The van der Waals surface area contributed by atoms with E-state index in [1.807, 2.05) is 24.4 Å². The minimum absolute atomic E-state index is 0.751. The van der Waals surface area contributed by atoms with Crippen LogP contribution in [0.3, 0.4) is 0 Å². The fraction of sp³-hybridized carbons (Fsp3) is 0.100. The van der Waals surface area contributed by atoms with Gasteiger partial charge in [-0.25, -0.2) is 0 Å². The van der Waals surface area contributed by atoms with Gasteiger partial charge in [0.05, 0.1) is 0 Å². The normalized spacial score (nSPS) is 10.6. The summed E-state index contributed by atoms with van der Waals surface area (Å²) in [7, 11) is 0. The Labute approximate surface area is 85.8 Å². The van der Waals surface area contributed by atoms with Crippen LogP contribution < -0.4 is 0 Å². The van der Waals surface area contributed by atoms with E-state index >= 15 is 0 Å². The van der Waals surface area contributed by atoms with E-state index in [9.17, 15) is 4.79 Å². The predicted molar refractivity (Wildman–Crippen MR) is 59.2 cm³/mol. The average Bonchev–Trinajstić information content (AvgIpc) is 2.46. The molecular formula is C10H8OS2. The molecule has 13 heavy (non-hydrogen) atoms. The largest absolute Gasteiger partial charge is 0.298 e.